The molecule has 2 heterocycles. The van der Waals surface area contributed by atoms with Crippen molar-refractivity contribution in [3.05, 3.63) is 72.7 Å². The fourth-order valence-electron chi connectivity index (χ4n) is 3.51. The van der Waals surface area contributed by atoms with Crippen LogP contribution in [-0.4, -0.2) is 45.1 Å². The van der Waals surface area contributed by atoms with Crippen molar-refractivity contribution in [1.29, 1.82) is 0 Å². The summed E-state index contributed by atoms with van der Waals surface area (Å²) in [5, 5.41) is 12.5. The summed E-state index contributed by atoms with van der Waals surface area (Å²) < 4.78 is 1.95. The Hall–Kier alpha value is -3.91. The molecule has 4 aromatic rings. The fraction of sp³-hybridized carbons (Fsp3) is 0.174. The van der Waals surface area contributed by atoms with E-state index in [4.69, 9.17) is 5.73 Å². The number of benzene rings is 2. The van der Waals surface area contributed by atoms with Gasteiger partial charge in [0.15, 0.2) is 11.5 Å². The van der Waals surface area contributed by atoms with Crippen molar-refractivity contribution < 1.29 is 9.90 Å². The van der Waals surface area contributed by atoms with Gasteiger partial charge in [-0.15, -0.1) is 0 Å². The van der Waals surface area contributed by atoms with Crippen LogP contribution >= 0.6 is 0 Å². The number of amides is 1. The van der Waals surface area contributed by atoms with E-state index in [0.29, 0.717) is 23.6 Å². The van der Waals surface area contributed by atoms with E-state index in [1.807, 2.05) is 47.0 Å². The van der Waals surface area contributed by atoms with Gasteiger partial charge in [0.1, 0.15) is 0 Å². The van der Waals surface area contributed by atoms with E-state index in [0.717, 1.165) is 29.2 Å². The molecule has 8 nitrogen and oxygen atoms in total. The predicted molar refractivity (Wildman–Crippen MR) is 122 cm³/mol. The number of carbonyl (C=O) groups is 1. The molecular formula is C23H24N6O2. The van der Waals surface area contributed by atoms with Crippen molar-refractivity contribution in [2.24, 2.45) is 5.73 Å². The average molecular weight is 416 g/mol. The quantitative estimate of drug-likeness (QED) is 0.407. The van der Waals surface area contributed by atoms with Crippen molar-refractivity contribution in [2.45, 2.75) is 6.92 Å². The van der Waals surface area contributed by atoms with Crippen LogP contribution in [0.3, 0.4) is 0 Å². The van der Waals surface area contributed by atoms with E-state index in [2.05, 4.69) is 27.1 Å². The van der Waals surface area contributed by atoms with E-state index in [-0.39, 0.29) is 6.61 Å². The van der Waals surface area contributed by atoms with Crippen LogP contribution in [0, 0.1) is 0 Å². The molecule has 2 aromatic heterocycles. The molecule has 0 aliphatic carbocycles. The SMILES string of the molecule is CCN(CCO)c1ccc(Nc2ncc(-c3ccc(C(N)=O)cc3)n3ccnc23)cc1. The Morgan fingerprint density at radius 2 is 1.87 bits per heavy atom. The lowest BCUT2D eigenvalue weighted by Gasteiger charge is -2.22. The monoisotopic (exact) mass is 416 g/mol. The standard InChI is InChI=1S/C23H24N6O2/c1-2-28(13-14-30)19-9-7-18(8-10-19)27-22-23-25-11-12-29(23)20(15-26-22)16-3-5-17(6-4-16)21(24)31/h3-12,15,30H,2,13-14H2,1H3,(H2,24,31)(H,26,27). The van der Waals surface area contributed by atoms with Crippen LogP contribution in [0.15, 0.2) is 67.1 Å². The third kappa shape index (κ3) is 4.19. The summed E-state index contributed by atoms with van der Waals surface area (Å²) >= 11 is 0. The minimum atomic E-state index is -0.457. The van der Waals surface area contributed by atoms with Crippen LogP contribution < -0.4 is 16.0 Å². The number of likely N-dealkylation sites (N-methyl/N-ethyl adjacent to an activating group) is 1. The number of imidazole rings is 1. The Morgan fingerprint density at radius 1 is 1.13 bits per heavy atom. The first-order valence-electron chi connectivity index (χ1n) is 10.1. The maximum absolute atomic E-state index is 11.3. The zero-order valence-corrected chi connectivity index (χ0v) is 17.2. The molecule has 0 bridgehead atoms. The molecular weight excluding hydrogens is 392 g/mol. The van der Waals surface area contributed by atoms with E-state index in [1.165, 1.54) is 0 Å². The largest absolute Gasteiger partial charge is 0.395 e. The van der Waals surface area contributed by atoms with Gasteiger partial charge in [0.25, 0.3) is 0 Å². The summed E-state index contributed by atoms with van der Waals surface area (Å²) in [6, 6.07) is 15.1. The van der Waals surface area contributed by atoms with Crippen molar-refractivity contribution in [1.82, 2.24) is 14.4 Å². The second-order valence-corrected chi connectivity index (χ2v) is 7.03. The van der Waals surface area contributed by atoms with Crippen molar-refractivity contribution >= 4 is 28.7 Å². The summed E-state index contributed by atoms with van der Waals surface area (Å²) in [6.45, 7) is 3.60. The highest BCUT2D eigenvalue weighted by atomic mass is 16.3. The molecule has 0 radical (unpaired) electrons. The van der Waals surface area contributed by atoms with Gasteiger partial charge in [-0.3, -0.25) is 9.20 Å². The molecule has 0 fully saturated rings. The minimum absolute atomic E-state index is 0.118. The van der Waals surface area contributed by atoms with Gasteiger partial charge < -0.3 is 21.1 Å². The first kappa shape index (κ1) is 20.4. The van der Waals surface area contributed by atoms with Crippen LogP contribution in [0.5, 0.6) is 0 Å². The van der Waals surface area contributed by atoms with Crippen LogP contribution in [0.25, 0.3) is 16.9 Å². The predicted octanol–water partition coefficient (Wildman–Crippen LogP) is 3.06. The maximum Gasteiger partial charge on any atom is 0.248 e. The number of nitrogens with one attached hydrogen (secondary N) is 1. The van der Waals surface area contributed by atoms with Crippen LogP contribution in [0.2, 0.25) is 0 Å². The fourth-order valence-corrected chi connectivity index (χ4v) is 3.51. The number of primary amides is 1. The molecule has 0 saturated carbocycles. The third-order valence-corrected chi connectivity index (χ3v) is 5.14. The van der Waals surface area contributed by atoms with Crippen LogP contribution in [-0.2, 0) is 0 Å². The Kier molecular flexibility index (Phi) is 5.81. The van der Waals surface area contributed by atoms with Crippen molar-refractivity contribution in [3.8, 4) is 11.3 Å². The zero-order chi connectivity index (χ0) is 21.8. The number of anilines is 3. The minimum Gasteiger partial charge on any atom is -0.395 e. The van der Waals surface area contributed by atoms with Crippen LogP contribution in [0.4, 0.5) is 17.2 Å². The van der Waals surface area contributed by atoms with Gasteiger partial charge in [-0.1, -0.05) is 12.1 Å². The molecule has 0 aliphatic rings. The third-order valence-electron chi connectivity index (χ3n) is 5.14. The molecule has 0 unspecified atom stereocenters. The lowest BCUT2D eigenvalue weighted by Crippen LogP contribution is -2.25. The summed E-state index contributed by atoms with van der Waals surface area (Å²) in [5.74, 6) is 0.180. The molecule has 4 N–H and O–H groups in total. The number of aliphatic hydroxyl groups is 1. The van der Waals surface area contributed by atoms with E-state index in [1.54, 1.807) is 24.5 Å². The van der Waals surface area contributed by atoms with Gasteiger partial charge in [0.05, 0.1) is 18.5 Å². The number of rotatable bonds is 8. The highest BCUT2D eigenvalue weighted by Gasteiger charge is 2.12. The Morgan fingerprint density at radius 3 is 2.52 bits per heavy atom. The number of hydrogen-bond acceptors (Lipinski definition) is 6. The van der Waals surface area contributed by atoms with Gasteiger partial charge in [0, 0.05) is 48.0 Å². The highest BCUT2D eigenvalue weighted by Crippen LogP contribution is 2.26. The molecule has 31 heavy (non-hydrogen) atoms. The van der Waals surface area contributed by atoms with Crippen LogP contribution in [0.1, 0.15) is 17.3 Å². The number of aliphatic hydroxyl groups excluding tert-OH is 1. The molecule has 0 spiro atoms. The van der Waals surface area contributed by atoms with E-state index >= 15 is 0 Å². The van der Waals surface area contributed by atoms with Gasteiger partial charge in [-0.05, 0) is 43.3 Å². The Labute approximate surface area is 180 Å². The summed E-state index contributed by atoms with van der Waals surface area (Å²) in [6.07, 6.45) is 5.36. The average Bonchev–Trinajstić information content (AvgIpc) is 3.29. The lowest BCUT2D eigenvalue weighted by molar-refractivity contribution is 0.100. The smallest absolute Gasteiger partial charge is 0.248 e. The van der Waals surface area contributed by atoms with Gasteiger partial charge in [-0.25, -0.2) is 9.97 Å². The molecule has 1 amide bonds. The number of hydrogen-bond donors (Lipinski definition) is 3. The molecule has 0 saturated heterocycles. The Balaban J connectivity index is 1.61. The highest BCUT2D eigenvalue weighted by molar-refractivity contribution is 5.93. The van der Waals surface area contributed by atoms with Gasteiger partial charge in [-0.2, -0.15) is 0 Å². The first-order valence-corrected chi connectivity index (χ1v) is 10.1. The topological polar surface area (TPSA) is 109 Å². The lowest BCUT2D eigenvalue weighted by atomic mass is 10.1. The number of fused-ring (bicyclic) bond motifs is 1. The Bertz CT molecular complexity index is 1190. The number of aromatic nitrogens is 3. The number of nitrogens with two attached hydrogens (primary N) is 1. The van der Waals surface area contributed by atoms with E-state index in [9.17, 15) is 9.90 Å². The number of carbonyl (C=O) groups excluding carboxylic acids is 1. The molecule has 158 valence electrons. The first-order chi connectivity index (χ1) is 15.1. The molecule has 4 rings (SSSR count). The molecule has 0 aliphatic heterocycles. The molecule has 2 aromatic carbocycles. The number of nitrogens with zero attached hydrogens (tertiary/aromatic N) is 4. The van der Waals surface area contributed by atoms with Gasteiger partial charge in [0.2, 0.25) is 5.91 Å². The normalized spacial score (nSPS) is 10.9. The van der Waals surface area contributed by atoms with Crippen molar-refractivity contribution in [2.75, 3.05) is 29.9 Å². The second kappa shape index (κ2) is 8.85. The molecule has 0 atom stereocenters. The van der Waals surface area contributed by atoms with E-state index < -0.39 is 5.91 Å². The van der Waals surface area contributed by atoms with Crippen molar-refractivity contribution in [3.63, 3.8) is 0 Å². The van der Waals surface area contributed by atoms with Gasteiger partial charge >= 0.3 is 0 Å². The molecule has 8 heteroatoms. The summed E-state index contributed by atoms with van der Waals surface area (Å²) in [4.78, 5) is 22.5. The second-order valence-electron chi connectivity index (χ2n) is 7.03. The zero-order valence-electron chi connectivity index (χ0n) is 17.2. The maximum atomic E-state index is 11.3. The summed E-state index contributed by atoms with van der Waals surface area (Å²) in [7, 11) is 0. The summed E-state index contributed by atoms with van der Waals surface area (Å²) in [5.41, 5.74) is 10.2.